The fraction of sp³-hybridized carbons (Fsp3) is 0.364. The molecular weight excluding hydrogens is 242 g/mol. The van der Waals surface area contributed by atoms with Crippen LogP contribution in [0.4, 0.5) is 0 Å². The third-order valence-electron chi connectivity index (χ3n) is 2.20. The Morgan fingerprint density at radius 2 is 1.88 bits per heavy atom. The van der Waals surface area contributed by atoms with Crippen LogP contribution in [0.3, 0.4) is 0 Å². The van der Waals surface area contributed by atoms with Gasteiger partial charge in [0.15, 0.2) is 0 Å². The molecule has 0 spiro atoms. The Labute approximate surface area is 101 Å². The van der Waals surface area contributed by atoms with E-state index in [1.165, 1.54) is 6.92 Å². The standard InChI is InChI=1S/C11H15NO4S/c1-8-3-5-10(6-4-8)7-17(15,16)12-9(2)11(13)14/h3-6,9,12H,7H2,1-2H3,(H,13,14). The summed E-state index contributed by atoms with van der Waals surface area (Å²) in [7, 11) is -3.62. The molecule has 0 aliphatic heterocycles. The van der Waals surface area contributed by atoms with E-state index in [1.807, 2.05) is 19.1 Å². The second-order valence-corrected chi connectivity index (χ2v) is 5.68. The molecule has 1 unspecified atom stereocenters. The molecule has 1 aromatic carbocycles. The molecule has 0 heterocycles. The molecule has 5 nitrogen and oxygen atoms in total. The average Bonchev–Trinajstić information content (AvgIpc) is 2.20. The molecule has 0 amide bonds. The highest BCUT2D eigenvalue weighted by Gasteiger charge is 2.19. The maximum atomic E-state index is 11.6. The van der Waals surface area contributed by atoms with E-state index >= 15 is 0 Å². The summed E-state index contributed by atoms with van der Waals surface area (Å²) in [5.74, 6) is -1.41. The van der Waals surface area contributed by atoms with Crippen LogP contribution in [-0.2, 0) is 20.6 Å². The minimum atomic E-state index is -3.62. The number of hydrogen-bond donors (Lipinski definition) is 2. The molecule has 1 atom stereocenters. The number of rotatable bonds is 5. The quantitative estimate of drug-likeness (QED) is 0.820. The van der Waals surface area contributed by atoms with Crippen LogP contribution in [-0.4, -0.2) is 25.5 Å². The van der Waals surface area contributed by atoms with Gasteiger partial charge >= 0.3 is 5.97 Å². The van der Waals surface area contributed by atoms with Crippen LogP contribution in [0.25, 0.3) is 0 Å². The number of nitrogens with one attached hydrogen (secondary N) is 1. The van der Waals surface area contributed by atoms with Crippen molar-refractivity contribution in [2.75, 3.05) is 0 Å². The molecule has 1 aromatic rings. The van der Waals surface area contributed by atoms with Crippen molar-refractivity contribution in [2.45, 2.75) is 25.6 Å². The molecule has 2 N–H and O–H groups in total. The van der Waals surface area contributed by atoms with Gasteiger partial charge in [-0.2, -0.15) is 0 Å². The van der Waals surface area contributed by atoms with Crippen molar-refractivity contribution in [1.29, 1.82) is 0 Å². The van der Waals surface area contributed by atoms with E-state index in [0.717, 1.165) is 5.56 Å². The lowest BCUT2D eigenvalue weighted by Crippen LogP contribution is -2.38. The van der Waals surface area contributed by atoms with E-state index in [4.69, 9.17) is 5.11 Å². The van der Waals surface area contributed by atoms with Gasteiger partial charge in [0, 0.05) is 0 Å². The fourth-order valence-electron chi connectivity index (χ4n) is 1.27. The Kier molecular flexibility index (Phi) is 4.25. The Bertz CT molecular complexity index is 493. The van der Waals surface area contributed by atoms with Gasteiger partial charge in [0.05, 0.1) is 5.75 Å². The molecule has 0 aromatic heterocycles. The molecule has 0 aliphatic carbocycles. The predicted octanol–water partition coefficient (Wildman–Crippen LogP) is 0.888. The van der Waals surface area contributed by atoms with Crippen LogP contribution in [0, 0.1) is 6.92 Å². The lowest BCUT2D eigenvalue weighted by molar-refractivity contribution is -0.138. The Morgan fingerprint density at radius 3 is 2.35 bits per heavy atom. The van der Waals surface area contributed by atoms with Crippen LogP contribution in [0.1, 0.15) is 18.1 Å². The second kappa shape index (κ2) is 5.29. The highest BCUT2D eigenvalue weighted by atomic mass is 32.2. The first-order valence-electron chi connectivity index (χ1n) is 5.08. The van der Waals surface area contributed by atoms with Gasteiger partial charge in [-0.1, -0.05) is 29.8 Å². The number of hydrogen-bond acceptors (Lipinski definition) is 3. The SMILES string of the molecule is Cc1ccc(CS(=O)(=O)NC(C)C(=O)O)cc1. The van der Waals surface area contributed by atoms with E-state index in [9.17, 15) is 13.2 Å². The zero-order chi connectivity index (χ0) is 13.1. The topological polar surface area (TPSA) is 83.5 Å². The van der Waals surface area contributed by atoms with Gasteiger partial charge in [-0.25, -0.2) is 13.1 Å². The third kappa shape index (κ3) is 4.54. The third-order valence-corrected chi connectivity index (χ3v) is 3.63. The second-order valence-electron chi connectivity index (χ2n) is 3.92. The minimum Gasteiger partial charge on any atom is -0.480 e. The molecule has 0 aliphatic rings. The van der Waals surface area contributed by atoms with Crippen LogP contribution < -0.4 is 4.72 Å². The molecular formula is C11H15NO4S. The molecule has 0 saturated carbocycles. The van der Waals surface area contributed by atoms with Crippen molar-refractivity contribution >= 4 is 16.0 Å². The normalized spacial score (nSPS) is 13.3. The summed E-state index contributed by atoms with van der Waals surface area (Å²) in [5.41, 5.74) is 1.67. The van der Waals surface area contributed by atoms with Gasteiger partial charge in [-0.05, 0) is 19.4 Å². The number of aliphatic carboxylic acids is 1. The summed E-state index contributed by atoms with van der Waals surface area (Å²) in [6, 6.07) is 5.92. The molecule has 0 bridgehead atoms. The average molecular weight is 257 g/mol. The number of benzene rings is 1. The van der Waals surface area contributed by atoms with E-state index < -0.39 is 22.0 Å². The molecule has 0 saturated heterocycles. The largest absolute Gasteiger partial charge is 0.480 e. The van der Waals surface area contributed by atoms with Gasteiger partial charge in [-0.15, -0.1) is 0 Å². The first-order chi connectivity index (χ1) is 7.80. The van der Waals surface area contributed by atoms with E-state index in [2.05, 4.69) is 4.72 Å². The van der Waals surface area contributed by atoms with E-state index in [0.29, 0.717) is 5.56 Å². The van der Waals surface area contributed by atoms with Gasteiger partial charge in [0.1, 0.15) is 6.04 Å². The Hall–Kier alpha value is -1.40. The molecule has 17 heavy (non-hydrogen) atoms. The van der Waals surface area contributed by atoms with Gasteiger partial charge < -0.3 is 5.11 Å². The van der Waals surface area contributed by atoms with Crippen molar-refractivity contribution in [2.24, 2.45) is 0 Å². The van der Waals surface area contributed by atoms with Crippen molar-refractivity contribution in [1.82, 2.24) is 4.72 Å². The van der Waals surface area contributed by atoms with E-state index in [-0.39, 0.29) is 5.75 Å². The van der Waals surface area contributed by atoms with Crippen molar-refractivity contribution in [3.8, 4) is 0 Å². The number of sulfonamides is 1. The molecule has 1 rings (SSSR count). The van der Waals surface area contributed by atoms with Gasteiger partial charge in [0.2, 0.25) is 10.0 Å². The molecule has 94 valence electrons. The number of carbonyl (C=O) groups is 1. The summed E-state index contributed by atoms with van der Waals surface area (Å²) in [6.07, 6.45) is 0. The maximum absolute atomic E-state index is 11.6. The maximum Gasteiger partial charge on any atom is 0.321 e. The minimum absolute atomic E-state index is 0.217. The van der Waals surface area contributed by atoms with Crippen molar-refractivity contribution in [3.05, 3.63) is 35.4 Å². The Morgan fingerprint density at radius 1 is 1.35 bits per heavy atom. The highest BCUT2D eigenvalue weighted by molar-refractivity contribution is 7.88. The van der Waals surface area contributed by atoms with E-state index in [1.54, 1.807) is 12.1 Å². The Balaban J connectivity index is 2.73. The van der Waals surface area contributed by atoms with Crippen molar-refractivity contribution in [3.63, 3.8) is 0 Å². The van der Waals surface area contributed by atoms with Crippen LogP contribution in [0.15, 0.2) is 24.3 Å². The smallest absolute Gasteiger partial charge is 0.321 e. The molecule has 0 radical (unpaired) electrons. The molecule has 6 heteroatoms. The summed E-state index contributed by atoms with van der Waals surface area (Å²) < 4.78 is 25.3. The zero-order valence-electron chi connectivity index (χ0n) is 9.67. The summed E-state index contributed by atoms with van der Waals surface area (Å²) in [6.45, 7) is 3.19. The highest BCUT2D eigenvalue weighted by Crippen LogP contribution is 2.07. The summed E-state index contributed by atoms with van der Waals surface area (Å²) >= 11 is 0. The lowest BCUT2D eigenvalue weighted by Gasteiger charge is -2.10. The van der Waals surface area contributed by atoms with Gasteiger partial charge in [-0.3, -0.25) is 4.79 Å². The monoisotopic (exact) mass is 257 g/mol. The van der Waals surface area contributed by atoms with Crippen LogP contribution in [0.5, 0.6) is 0 Å². The zero-order valence-corrected chi connectivity index (χ0v) is 10.5. The predicted molar refractivity (Wildman–Crippen MR) is 64.0 cm³/mol. The van der Waals surface area contributed by atoms with Gasteiger partial charge in [0.25, 0.3) is 0 Å². The number of aryl methyl sites for hydroxylation is 1. The first-order valence-corrected chi connectivity index (χ1v) is 6.74. The summed E-state index contributed by atoms with van der Waals surface area (Å²) in [4.78, 5) is 10.5. The molecule has 0 fully saturated rings. The summed E-state index contributed by atoms with van der Waals surface area (Å²) in [5, 5.41) is 8.62. The van der Waals surface area contributed by atoms with Crippen molar-refractivity contribution < 1.29 is 18.3 Å². The lowest BCUT2D eigenvalue weighted by atomic mass is 10.2. The van der Waals surface area contributed by atoms with Crippen LogP contribution in [0.2, 0.25) is 0 Å². The number of carboxylic acid groups (broad SMARTS) is 1. The number of carboxylic acids is 1. The fourth-order valence-corrected chi connectivity index (χ4v) is 2.62. The first kappa shape index (κ1) is 13.7. The van der Waals surface area contributed by atoms with Crippen LogP contribution >= 0.6 is 0 Å².